The largest absolute Gasteiger partial charge is 0.413 e. The maximum atomic E-state index is 10.4. The molecule has 1 heterocycles. The normalized spacial score (nSPS) is 26.4. The molecule has 4 heteroatoms. The van der Waals surface area contributed by atoms with Crippen molar-refractivity contribution in [2.24, 2.45) is 5.92 Å². The molecule has 20 heavy (non-hydrogen) atoms. The molecule has 1 aliphatic heterocycles. The van der Waals surface area contributed by atoms with E-state index >= 15 is 0 Å². The van der Waals surface area contributed by atoms with Crippen LogP contribution in [0, 0.1) is 5.92 Å². The summed E-state index contributed by atoms with van der Waals surface area (Å²) in [6, 6.07) is 0. The van der Waals surface area contributed by atoms with Crippen LogP contribution in [0.4, 0.5) is 0 Å². The van der Waals surface area contributed by atoms with E-state index in [1.807, 2.05) is 0 Å². The van der Waals surface area contributed by atoms with Crippen molar-refractivity contribution < 1.29 is 14.3 Å². The Morgan fingerprint density at radius 3 is 1.70 bits per heavy atom. The first kappa shape index (κ1) is 18.1. The summed E-state index contributed by atoms with van der Waals surface area (Å²) in [5.74, 6) is 0.156. The van der Waals surface area contributed by atoms with Gasteiger partial charge < -0.3 is 14.3 Å². The molecule has 0 radical (unpaired) electrons. The predicted molar refractivity (Wildman–Crippen MR) is 86.5 cm³/mol. The highest BCUT2D eigenvalue weighted by atomic mass is 28.4. The third kappa shape index (κ3) is 3.64. The lowest BCUT2D eigenvalue weighted by Crippen LogP contribution is -2.49. The van der Waals surface area contributed by atoms with Crippen LogP contribution in [0.2, 0.25) is 16.6 Å². The summed E-state index contributed by atoms with van der Waals surface area (Å²) in [5.41, 5.74) is 1.67. The molecule has 1 fully saturated rings. The number of aliphatic hydroxyl groups excluding tert-OH is 1. The van der Waals surface area contributed by atoms with Gasteiger partial charge in [0.05, 0.1) is 24.9 Å². The fourth-order valence-corrected chi connectivity index (χ4v) is 9.31. The number of rotatable bonds is 8. The topological polar surface area (TPSA) is 42.0 Å². The third-order valence-corrected chi connectivity index (χ3v) is 11.2. The van der Waals surface area contributed by atoms with Gasteiger partial charge in [-0.05, 0) is 23.5 Å². The predicted octanol–water partition coefficient (Wildman–Crippen LogP) is 3.96. The second-order valence-corrected chi connectivity index (χ2v) is 12.8. The first-order chi connectivity index (χ1) is 9.14. The summed E-state index contributed by atoms with van der Waals surface area (Å²) >= 11 is 0. The Bertz CT molecular complexity index is 282. The zero-order valence-corrected chi connectivity index (χ0v) is 15.5. The second-order valence-electron chi connectivity index (χ2n) is 7.36. The van der Waals surface area contributed by atoms with Gasteiger partial charge in [0.25, 0.3) is 0 Å². The van der Waals surface area contributed by atoms with Crippen molar-refractivity contribution in [3.8, 4) is 0 Å². The number of ether oxygens (including phenoxy) is 1. The minimum atomic E-state index is -1.87. The van der Waals surface area contributed by atoms with Crippen LogP contribution in [0.1, 0.15) is 55.4 Å². The molecule has 1 saturated heterocycles. The summed E-state index contributed by atoms with van der Waals surface area (Å²) in [6.07, 6.45) is 0.0804. The number of hydrogen-bond acceptors (Lipinski definition) is 3. The molecule has 4 atom stereocenters. The van der Waals surface area contributed by atoms with Crippen molar-refractivity contribution in [3.05, 3.63) is 0 Å². The van der Waals surface area contributed by atoms with Crippen LogP contribution in [0.25, 0.3) is 0 Å². The Labute approximate surface area is 126 Å². The fraction of sp³-hybridized carbons (Fsp3) is 1.00. The molecule has 0 spiro atoms. The molecule has 0 aromatic rings. The quantitative estimate of drug-likeness (QED) is 0.545. The molecule has 0 aromatic heterocycles. The second kappa shape index (κ2) is 6.90. The molecule has 0 saturated carbocycles. The average Bonchev–Trinajstić information content (AvgIpc) is 3.04. The van der Waals surface area contributed by atoms with Gasteiger partial charge in [0.15, 0.2) is 8.32 Å². The van der Waals surface area contributed by atoms with Crippen LogP contribution in [-0.4, -0.2) is 38.3 Å². The molecular formula is C16H34O3Si. The Kier molecular flexibility index (Phi) is 6.26. The molecule has 1 N–H and O–H groups in total. The molecule has 0 unspecified atom stereocenters. The van der Waals surface area contributed by atoms with E-state index in [1.165, 1.54) is 0 Å². The number of aliphatic hydroxyl groups is 1. The van der Waals surface area contributed by atoms with E-state index in [2.05, 4.69) is 55.4 Å². The highest BCUT2D eigenvalue weighted by Gasteiger charge is 2.47. The molecule has 0 bridgehead atoms. The van der Waals surface area contributed by atoms with Crippen molar-refractivity contribution >= 4 is 8.32 Å². The third-order valence-electron chi connectivity index (χ3n) is 5.09. The summed E-state index contributed by atoms with van der Waals surface area (Å²) in [5, 5.41) is 10.4. The first-order valence-electron chi connectivity index (χ1n) is 8.12. The van der Waals surface area contributed by atoms with Gasteiger partial charge in [-0.2, -0.15) is 0 Å². The Morgan fingerprint density at radius 1 is 1.00 bits per heavy atom. The Morgan fingerprint density at radius 2 is 1.40 bits per heavy atom. The van der Waals surface area contributed by atoms with Gasteiger partial charge in [-0.25, -0.2) is 0 Å². The molecule has 3 nitrogen and oxygen atoms in total. The van der Waals surface area contributed by atoms with E-state index in [0.717, 1.165) is 0 Å². The van der Waals surface area contributed by atoms with Crippen molar-refractivity contribution in [2.45, 2.75) is 90.3 Å². The van der Waals surface area contributed by atoms with E-state index in [1.54, 1.807) is 0 Å². The van der Waals surface area contributed by atoms with Gasteiger partial charge in [0.1, 0.15) is 0 Å². The van der Waals surface area contributed by atoms with Crippen LogP contribution < -0.4 is 0 Å². The lowest BCUT2D eigenvalue weighted by molar-refractivity contribution is 0.0455. The highest BCUT2D eigenvalue weighted by Crippen LogP contribution is 2.42. The molecule has 1 rings (SSSR count). The molecule has 0 aliphatic carbocycles. The van der Waals surface area contributed by atoms with Crippen LogP contribution in [0.5, 0.6) is 0 Å². The van der Waals surface area contributed by atoms with Gasteiger partial charge >= 0.3 is 0 Å². The van der Waals surface area contributed by atoms with E-state index in [4.69, 9.17) is 9.16 Å². The monoisotopic (exact) mass is 302 g/mol. The van der Waals surface area contributed by atoms with Crippen LogP contribution in [-0.2, 0) is 9.16 Å². The average molecular weight is 303 g/mol. The molecular weight excluding hydrogens is 268 g/mol. The van der Waals surface area contributed by atoms with E-state index in [9.17, 15) is 5.11 Å². The standard InChI is InChI=1S/C16H34O3Si/c1-10(2)20(11(3)4,12(5)6)18-9-15(17)13(7)16-14(8)19-16/h10-17H,9H2,1-8H3/t13-,14+,15-,16+/m0/s1. The van der Waals surface area contributed by atoms with Crippen molar-refractivity contribution in [1.82, 2.24) is 0 Å². The van der Waals surface area contributed by atoms with Crippen molar-refractivity contribution in [2.75, 3.05) is 6.61 Å². The van der Waals surface area contributed by atoms with Gasteiger partial charge in [-0.1, -0.05) is 48.5 Å². The van der Waals surface area contributed by atoms with Crippen LogP contribution >= 0.6 is 0 Å². The minimum absolute atomic E-state index is 0.156. The maximum absolute atomic E-state index is 10.4. The molecule has 0 aromatic carbocycles. The van der Waals surface area contributed by atoms with Gasteiger partial charge in [0, 0.05) is 5.92 Å². The highest BCUT2D eigenvalue weighted by molar-refractivity contribution is 6.77. The first-order valence-corrected chi connectivity index (χ1v) is 10.3. The van der Waals surface area contributed by atoms with Crippen molar-refractivity contribution in [3.63, 3.8) is 0 Å². The van der Waals surface area contributed by atoms with E-state index in [-0.39, 0.29) is 12.0 Å². The summed E-state index contributed by atoms with van der Waals surface area (Å²) in [7, 11) is -1.87. The number of hydrogen-bond donors (Lipinski definition) is 1. The fourth-order valence-electron chi connectivity index (χ4n) is 3.85. The van der Waals surface area contributed by atoms with E-state index < -0.39 is 14.4 Å². The SMILES string of the molecule is CC(C)[Si](OC[C@H](O)[C@H](C)[C@H]1O[C@@H]1C)(C(C)C)C(C)C. The van der Waals surface area contributed by atoms with E-state index in [0.29, 0.717) is 29.3 Å². The molecule has 1 aliphatic rings. The minimum Gasteiger partial charge on any atom is -0.413 e. The Balaban J connectivity index is 2.66. The molecule has 0 amide bonds. The van der Waals surface area contributed by atoms with Crippen LogP contribution in [0.15, 0.2) is 0 Å². The zero-order valence-electron chi connectivity index (χ0n) is 14.5. The summed E-state index contributed by atoms with van der Waals surface area (Å²) in [6.45, 7) is 18.2. The van der Waals surface area contributed by atoms with Gasteiger partial charge in [-0.15, -0.1) is 0 Å². The summed E-state index contributed by atoms with van der Waals surface area (Å²) in [4.78, 5) is 0. The Hall–Kier alpha value is 0.0969. The number of epoxide rings is 1. The lowest BCUT2D eigenvalue weighted by atomic mass is 10.00. The summed E-state index contributed by atoms with van der Waals surface area (Å²) < 4.78 is 11.9. The zero-order chi connectivity index (χ0) is 15.7. The van der Waals surface area contributed by atoms with Gasteiger partial charge in [0.2, 0.25) is 0 Å². The van der Waals surface area contributed by atoms with Crippen LogP contribution in [0.3, 0.4) is 0 Å². The smallest absolute Gasteiger partial charge is 0.200 e. The lowest BCUT2D eigenvalue weighted by Gasteiger charge is -2.43. The van der Waals surface area contributed by atoms with Gasteiger partial charge in [-0.3, -0.25) is 0 Å². The maximum Gasteiger partial charge on any atom is 0.200 e. The molecule has 120 valence electrons. The van der Waals surface area contributed by atoms with Crippen molar-refractivity contribution in [1.29, 1.82) is 0 Å².